The predicted octanol–water partition coefficient (Wildman–Crippen LogP) is 2.04. The monoisotopic (exact) mass is 272 g/mol. The Bertz CT molecular complexity index is 352. The summed E-state index contributed by atoms with van der Waals surface area (Å²) < 4.78 is 5.35. The Morgan fingerprint density at radius 3 is 2.29 bits per heavy atom. The molecule has 0 spiro atoms. The number of carbonyl (C=O) groups excluding carboxylic acids is 1. The molecule has 0 atom stereocenters. The Balaban J connectivity index is 0.000000557. The molecule has 1 rings (SSSR count). The number of nitrogens with two attached hydrogens (primary N) is 1. The largest absolute Gasteiger partial charge is 0.466 e. The maximum atomic E-state index is 9.09. The van der Waals surface area contributed by atoms with Crippen molar-refractivity contribution in [2.75, 3.05) is 14.1 Å². The lowest BCUT2D eigenvalue weighted by Gasteiger charge is -2.14. The molecule has 0 aliphatic carbocycles. The van der Waals surface area contributed by atoms with Gasteiger partial charge in [0.05, 0.1) is 0 Å². The molecule has 4 nitrogen and oxygen atoms in total. The highest BCUT2D eigenvalue weighted by Crippen LogP contribution is 2.01. The van der Waals surface area contributed by atoms with E-state index in [1.54, 1.807) is 4.90 Å². The molecule has 0 fully saturated rings. The number of primary amides is 1. The quantitative estimate of drug-likeness (QED) is 0.639. The van der Waals surface area contributed by atoms with E-state index in [4.69, 9.17) is 21.7 Å². The number of thiocarbonyl (C=S) groups is 1. The molecule has 1 aromatic carbocycles. The van der Waals surface area contributed by atoms with Crippen LogP contribution < -0.4 is 5.73 Å². The van der Waals surface area contributed by atoms with Crippen LogP contribution in [0.25, 0.3) is 0 Å². The highest BCUT2D eigenvalue weighted by Gasteiger charge is 1.99. The van der Waals surface area contributed by atoms with Gasteiger partial charge in [-0.3, -0.25) is 4.79 Å². The maximum absolute atomic E-state index is 9.09. The fraction of sp³-hybridized carbons (Fsp3) is 0.273. The first-order valence-corrected chi connectivity index (χ1v) is 5.65. The van der Waals surface area contributed by atoms with Gasteiger partial charge in [-0.25, -0.2) is 0 Å². The second kappa shape index (κ2) is 8.83. The molecule has 0 saturated heterocycles. The van der Waals surface area contributed by atoms with E-state index >= 15 is 0 Å². The summed E-state index contributed by atoms with van der Waals surface area (Å²) in [6, 6.07) is 9.97. The predicted molar refractivity (Wildman–Crippen MR) is 76.1 cm³/mol. The van der Waals surface area contributed by atoms with Crippen LogP contribution in [0.1, 0.15) is 5.56 Å². The summed E-state index contributed by atoms with van der Waals surface area (Å²) in [5.41, 5.74) is 5.47. The number of amides is 1. The molecule has 0 saturated carbocycles. The van der Waals surface area contributed by atoms with Gasteiger partial charge in [0.15, 0.2) is 0 Å². The summed E-state index contributed by atoms with van der Waals surface area (Å²) >= 11 is 8.09. The molecule has 6 heteroatoms. The van der Waals surface area contributed by atoms with Gasteiger partial charge < -0.3 is 15.4 Å². The van der Waals surface area contributed by atoms with Crippen LogP contribution in [0.3, 0.4) is 0 Å². The van der Waals surface area contributed by atoms with Crippen LogP contribution in [-0.2, 0) is 11.3 Å². The van der Waals surface area contributed by atoms with Crippen LogP contribution in [0.5, 0.6) is 0 Å². The Morgan fingerprint density at radius 2 is 1.88 bits per heavy atom. The van der Waals surface area contributed by atoms with Gasteiger partial charge in [-0.1, -0.05) is 43.0 Å². The molecular formula is C11H16N2O2S2. The smallest absolute Gasteiger partial charge is 0.273 e. The van der Waals surface area contributed by atoms with Gasteiger partial charge in [-0.05, 0) is 17.8 Å². The van der Waals surface area contributed by atoms with Crippen molar-refractivity contribution in [3.05, 3.63) is 35.9 Å². The second-order valence-corrected chi connectivity index (χ2v) is 4.06. The molecule has 17 heavy (non-hydrogen) atoms. The third-order valence-electron chi connectivity index (χ3n) is 1.57. The minimum Gasteiger partial charge on any atom is -0.466 e. The first-order valence-electron chi connectivity index (χ1n) is 4.80. The van der Waals surface area contributed by atoms with Gasteiger partial charge in [-0.2, -0.15) is 0 Å². The van der Waals surface area contributed by atoms with Crippen LogP contribution in [0, 0.1) is 0 Å². The van der Waals surface area contributed by atoms with E-state index in [9.17, 15) is 0 Å². The van der Waals surface area contributed by atoms with E-state index in [0.717, 1.165) is 5.56 Å². The highest BCUT2D eigenvalue weighted by molar-refractivity contribution is 7.96. The first-order chi connectivity index (χ1) is 7.93. The molecular weight excluding hydrogens is 256 g/mol. The SMILES string of the molecule is CN(C)C(=S)OCc1ccccc1.NC(=O)S. The van der Waals surface area contributed by atoms with E-state index in [1.165, 1.54) is 0 Å². The lowest BCUT2D eigenvalue weighted by Crippen LogP contribution is -2.22. The number of thiol groups is 1. The van der Waals surface area contributed by atoms with E-state index in [0.29, 0.717) is 11.8 Å². The number of ether oxygens (including phenoxy) is 1. The molecule has 94 valence electrons. The van der Waals surface area contributed by atoms with Crippen LogP contribution in [0.2, 0.25) is 0 Å². The lowest BCUT2D eigenvalue weighted by molar-refractivity contribution is 0.257. The molecule has 0 bridgehead atoms. The molecule has 0 unspecified atom stereocenters. The Morgan fingerprint density at radius 1 is 1.41 bits per heavy atom. The zero-order valence-electron chi connectivity index (χ0n) is 9.79. The van der Waals surface area contributed by atoms with Gasteiger partial charge in [0, 0.05) is 14.1 Å². The van der Waals surface area contributed by atoms with Gasteiger partial charge in [0.1, 0.15) is 6.61 Å². The van der Waals surface area contributed by atoms with Crippen LogP contribution in [0.15, 0.2) is 30.3 Å². The van der Waals surface area contributed by atoms with Crippen LogP contribution >= 0.6 is 24.8 Å². The molecule has 2 N–H and O–H groups in total. The van der Waals surface area contributed by atoms with Gasteiger partial charge in [0.25, 0.3) is 10.4 Å². The van der Waals surface area contributed by atoms with Crippen molar-refractivity contribution in [2.45, 2.75) is 6.61 Å². The molecule has 0 heterocycles. The molecule has 1 amide bonds. The molecule has 0 aromatic heterocycles. The van der Waals surface area contributed by atoms with E-state index < -0.39 is 5.24 Å². The van der Waals surface area contributed by atoms with Crippen molar-refractivity contribution in [3.63, 3.8) is 0 Å². The summed E-state index contributed by atoms with van der Waals surface area (Å²) in [5, 5.41) is -0.121. The molecule has 0 aliphatic rings. The van der Waals surface area contributed by atoms with Crippen molar-refractivity contribution in [1.82, 2.24) is 4.90 Å². The third-order valence-corrected chi connectivity index (χ3v) is 2.05. The summed E-state index contributed by atoms with van der Waals surface area (Å²) in [6.45, 7) is 0.540. The van der Waals surface area contributed by atoms with E-state index in [1.807, 2.05) is 44.4 Å². The minimum atomic E-state index is -0.639. The summed E-state index contributed by atoms with van der Waals surface area (Å²) in [4.78, 5) is 10.9. The highest BCUT2D eigenvalue weighted by atomic mass is 32.1. The Kier molecular flexibility index (Phi) is 8.17. The van der Waals surface area contributed by atoms with Gasteiger partial charge in [-0.15, -0.1) is 0 Å². The standard InChI is InChI=1S/C10H13NOS.CH3NOS/c1-11(2)10(13)12-8-9-6-4-3-5-7-9;2-1(3)4/h3-7H,8H2,1-2H3;(H3,2,3,4). The molecule has 1 aromatic rings. The summed E-state index contributed by atoms with van der Waals surface area (Å²) in [7, 11) is 3.74. The van der Waals surface area contributed by atoms with Crippen LogP contribution in [-0.4, -0.2) is 29.4 Å². The number of rotatable bonds is 2. The number of hydrogen-bond acceptors (Lipinski definition) is 3. The number of nitrogens with zero attached hydrogens (tertiary/aromatic N) is 1. The average Bonchev–Trinajstić information content (AvgIpc) is 2.26. The zero-order chi connectivity index (χ0) is 13.3. The molecule has 0 radical (unpaired) electrons. The third kappa shape index (κ3) is 9.65. The summed E-state index contributed by atoms with van der Waals surface area (Å²) in [5.74, 6) is 0. The summed E-state index contributed by atoms with van der Waals surface area (Å²) in [6.07, 6.45) is 0. The second-order valence-electron chi connectivity index (χ2n) is 3.27. The zero-order valence-corrected chi connectivity index (χ0v) is 11.5. The molecule has 0 aliphatic heterocycles. The topological polar surface area (TPSA) is 55.6 Å². The van der Waals surface area contributed by atoms with Gasteiger partial charge in [0.2, 0.25) is 0 Å². The van der Waals surface area contributed by atoms with E-state index in [2.05, 4.69) is 18.4 Å². The first kappa shape index (κ1) is 15.7. The van der Waals surface area contributed by atoms with E-state index in [-0.39, 0.29) is 0 Å². The number of hydrogen-bond donors (Lipinski definition) is 2. The van der Waals surface area contributed by atoms with Crippen molar-refractivity contribution in [1.29, 1.82) is 0 Å². The van der Waals surface area contributed by atoms with Crippen molar-refractivity contribution in [3.8, 4) is 0 Å². The maximum Gasteiger partial charge on any atom is 0.273 e. The fourth-order valence-corrected chi connectivity index (χ4v) is 0.907. The fourth-order valence-electron chi connectivity index (χ4n) is 0.848. The minimum absolute atomic E-state index is 0.517. The number of carbonyl (C=O) groups is 1. The Labute approximate surface area is 112 Å². The van der Waals surface area contributed by atoms with Crippen LogP contribution in [0.4, 0.5) is 4.79 Å². The van der Waals surface area contributed by atoms with Crippen molar-refractivity contribution >= 4 is 35.3 Å². The normalized spacial score (nSPS) is 8.65. The van der Waals surface area contributed by atoms with Crippen molar-refractivity contribution in [2.24, 2.45) is 5.73 Å². The average molecular weight is 272 g/mol. The van der Waals surface area contributed by atoms with Crippen molar-refractivity contribution < 1.29 is 9.53 Å². The number of benzene rings is 1. The Hall–Kier alpha value is -1.27. The lowest BCUT2D eigenvalue weighted by atomic mass is 10.2. The van der Waals surface area contributed by atoms with Gasteiger partial charge >= 0.3 is 0 Å².